The number of oxazole rings is 1. The summed E-state index contributed by atoms with van der Waals surface area (Å²) >= 11 is 0. The maximum Gasteiger partial charge on any atom is 0.240 e. The van der Waals surface area contributed by atoms with Crippen LogP contribution >= 0.6 is 0 Å². The molecule has 1 aliphatic heterocycles. The summed E-state index contributed by atoms with van der Waals surface area (Å²) in [4.78, 5) is 30.5. The molecule has 0 saturated heterocycles. The summed E-state index contributed by atoms with van der Waals surface area (Å²) in [5, 5.41) is 0. The van der Waals surface area contributed by atoms with Crippen LogP contribution in [0.4, 0.5) is 4.39 Å². The highest BCUT2D eigenvalue weighted by atomic mass is 19.1. The maximum absolute atomic E-state index is 13.1. The van der Waals surface area contributed by atoms with E-state index in [1.165, 1.54) is 17.0 Å². The van der Waals surface area contributed by atoms with E-state index in [9.17, 15) is 14.0 Å². The molecule has 0 saturated carbocycles. The molecule has 2 aromatic carbocycles. The van der Waals surface area contributed by atoms with E-state index in [1.54, 1.807) is 18.3 Å². The molecular weight excluding hydrogens is 373 g/mol. The monoisotopic (exact) mass is 393 g/mol. The average molecular weight is 393 g/mol. The molecule has 0 fully saturated rings. The van der Waals surface area contributed by atoms with Crippen LogP contribution in [0.15, 0.2) is 59.1 Å². The van der Waals surface area contributed by atoms with Crippen LogP contribution in [0, 0.1) is 5.82 Å². The van der Waals surface area contributed by atoms with Crippen molar-refractivity contribution in [1.82, 2.24) is 9.88 Å². The Hall–Kier alpha value is -3.48. The molecule has 3 aromatic rings. The summed E-state index contributed by atoms with van der Waals surface area (Å²) in [5.41, 5.74) is 8.31. The first kappa shape index (κ1) is 18.9. The lowest BCUT2D eigenvalue weighted by atomic mass is 9.93. The summed E-state index contributed by atoms with van der Waals surface area (Å²) in [6, 6.07) is 13.0. The molecule has 0 radical (unpaired) electrons. The molecule has 0 aliphatic carbocycles. The number of hydrogen-bond acceptors (Lipinski definition) is 4. The molecule has 2 N–H and O–H groups in total. The Balaban J connectivity index is 1.44. The molecular formula is C22H20FN3O3. The van der Waals surface area contributed by atoms with E-state index >= 15 is 0 Å². The minimum atomic E-state index is -0.656. The summed E-state index contributed by atoms with van der Waals surface area (Å²) < 4.78 is 18.7. The molecule has 0 bridgehead atoms. The van der Waals surface area contributed by atoms with Gasteiger partial charge < -0.3 is 15.1 Å². The molecule has 1 aliphatic rings. The van der Waals surface area contributed by atoms with Gasteiger partial charge in [0.05, 0.1) is 6.20 Å². The van der Waals surface area contributed by atoms with E-state index < -0.39 is 11.9 Å². The van der Waals surface area contributed by atoms with Gasteiger partial charge in [-0.05, 0) is 35.4 Å². The summed E-state index contributed by atoms with van der Waals surface area (Å²) in [5.74, 6) is -0.0984. The van der Waals surface area contributed by atoms with Crippen LogP contribution in [0.1, 0.15) is 23.4 Å². The third-order valence-electron chi connectivity index (χ3n) is 5.13. The highest BCUT2D eigenvalue weighted by Gasteiger charge is 2.33. The standard InChI is InChI=1S/C22H20FN3O3/c23-17-7-5-14(6-8-17)19-12-25-20(29-19)9-10-21(27)26-13-16-4-2-1-3-15(16)11-18(26)22(24)28/h1-8,12,18H,9-11,13H2,(H2,24,28). The molecule has 2 heterocycles. The van der Waals surface area contributed by atoms with Crippen molar-refractivity contribution >= 4 is 11.8 Å². The quantitative estimate of drug-likeness (QED) is 0.722. The summed E-state index contributed by atoms with van der Waals surface area (Å²) in [6.07, 6.45) is 2.42. The van der Waals surface area contributed by atoms with Crippen LogP contribution in [-0.2, 0) is 29.0 Å². The van der Waals surface area contributed by atoms with Crippen LogP contribution in [-0.4, -0.2) is 27.7 Å². The Kier molecular flexibility index (Phi) is 5.12. The lowest BCUT2D eigenvalue weighted by Crippen LogP contribution is -2.51. The number of aryl methyl sites for hydroxylation is 1. The number of primary amides is 1. The van der Waals surface area contributed by atoms with E-state index in [0.717, 1.165) is 11.1 Å². The third-order valence-corrected chi connectivity index (χ3v) is 5.13. The van der Waals surface area contributed by atoms with Gasteiger partial charge in [-0.2, -0.15) is 0 Å². The van der Waals surface area contributed by atoms with Crippen molar-refractivity contribution in [2.75, 3.05) is 0 Å². The van der Waals surface area contributed by atoms with Gasteiger partial charge in [-0.3, -0.25) is 9.59 Å². The van der Waals surface area contributed by atoms with Crippen molar-refractivity contribution in [2.24, 2.45) is 5.73 Å². The second-order valence-electron chi connectivity index (χ2n) is 7.04. The predicted molar refractivity (Wildman–Crippen MR) is 104 cm³/mol. The van der Waals surface area contributed by atoms with Gasteiger partial charge in [0.15, 0.2) is 11.7 Å². The van der Waals surface area contributed by atoms with E-state index in [2.05, 4.69) is 4.98 Å². The number of halogens is 1. The van der Waals surface area contributed by atoms with E-state index in [0.29, 0.717) is 36.6 Å². The Morgan fingerprint density at radius 1 is 1.14 bits per heavy atom. The summed E-state index contributed by atoms with van der Waals surface area (Å²) in [7, 11) is 0. The lowest BCUT2D eigenvalue weighted by Gasteiger charge is -2.35. The van der Waals surface area contributed by atoms with Crippen molar-refractivity contribution in [3.05, 3.63) is 77.6 Å². The normalized spacial score (nSPS) is 15.8. The first-order valence-corrected chi connectivity index (χ1v) is 9.37. The summed E-state index contributed by atoms with van der Waals surface area (Å²) in [6.45, 7) is 0.356. The van der Waals surface area contributed by atoms with Gasteiger partial charge in [-0.25, -0.2) is 9.37 Å². The molecule has 4 rings (SSSR count). The lowest BCUT2D eigenvalue weighted by molar-refractivity contribution is -0.140. The first-order chi connectivity index (χ1) is 14.0. The Bertz CT molecular complexity index is 1050. The molecule has 148 valence electrons. The maximum atomic E-state index is 13.1. The number of carbonyl (C=O) groups excluding carboxylic acids is 2. The van der Waals surface area contributed by atoms with Gasteiger partial charge in [0.25, 0.3) is 0 Å². The van der Waals surface area contributed by atoms with E-state index in [1.807, 2.05) is 24.3 Å². The molecule has 6 nitrogen and oxygen atoms in total. The highest BCUT2D eigenvalue weighted by molar-refractivity contribution is 5.87. The Morgan fingerprint density at radius 3 is 2.59 bits per heavy atom. The number of benzene rings is 2. The third kappa shape index (κ3) is 4.03. The molecule has 2 amide bonds. The average Bonchev–Trinajstić information content (AvgIpc) is 3.20. The fraction of sp³-hybridized carbons (Fsp3) is 0.227. The number of hydrogen-bond donors (Lipinski definition) is 1. The van der Waals surface area contributed by atoms with Crippen molar-refractivity contribution in [1.29, 1.82) is 0 Å². The van der Waals surface area contributed by atoms with Crippen molar-refractivity contribution in [3.63, 3.8) is 0 Å². The second kappa shape index (κ2) is 7.87. The number of nitrogens with zero attached hydrogens (tertiary/aromatic N) is 2. The zero-order chi connectivity index (χ0) is 20.4. The first-order valence-electron chi connectivity index (χ1n) is 9.37. The van der Waals surface area contributed by atoms with Gasteiger partial charge in [-0.15, -0.1) is 0 Å². The van der Waals surface area contributed by atoms with Crippen LogP contribution < -0.4 is 5.73 Å². The molecule has 1 atom stereocenters. The molecule has 29 heavy (non-hydrogen) atoms. The van der Waals surface area contributed by atoms with Crippen molar-refractivity contribution in [2.45, 2.75) is 31.8 Å². The van der Waals surface area contributed by atoms with Crippen molar-refractivity contribution < 1.29 is 18.4 Å². The van der Waals surface area contributed by atoms with Gasteiger partial charge in [0.1, 0.15) is 11.9 Å². The van der Waals surface area contributed by atoms with Crippen molar-refractivity contribution in [3.8, 4) is 11.3 Å². The SMILES string of the molecule is NC(=O)C1Cc2ccccc2CN1C(=O)CCc1ncc(-c2ccc(F)cc2)o1. The number of carbonyl (C=O) groups is 2. The topological polar surface area (TPSA) is 89.4 Å². The largest absolute Gasteiger partial charge is 0.441 e. The number of nitrogens with two attached hydrogens (primary N) is 1. The second-order valence-corrected chi connectivity index (χ2v) is 7.04. The van der Waals surface area contributed by atoms with Gasteiger partial charge in [0.2, 0.25) is 11.8 Å². The Labute approximate surface area is 167 Å². The van der Waals surface area contributed by atoms with E-state index in [-0.39, 0.29) is 18.1 Å². The van der Waals surface area contributed by atoms with Gasteiger partial charge in [-0.1, -0.05) is 24.3 Å². The smallest absolute Gasteiger partial charge is 0.240 e. The fourth-order valence-electron chi connectivity index (χ4n) is 3.57. The minimum absolute atomic E-state index is 0.148. The highest BCUT2D eigenvalue weighted by Crippen LogP contribution is 2.25. The number of fused-ring (bicyclic) bond motifs is 1. The number of aromatic nitrogens is 1. The zero-order valence-electron chi connectivity index (χ0n) is 15.7. The molecule has 0 spiro atoms. The molecule has 1 aromatic heterocycles. The number of rotatable bonds is 5. The van der Waals surface area contributed by atoms with E-state index in [4.69, 9.17) is 10.2 Å². The molecule has 7 heteroatoms. The minimum Gasteiger partial charge on any atom is -0.441 e. The van der Waals surface area contributed by atoms with Crippen LogP contribution in [0.3, 0.4) is 0 Å². The Morgan fingerprint density at radius 2 is 1.86 bits per heavy atom. The number of amides is 2. The van der Waals surface area contributed by atoms with Gasteiger partial charge in [0, 0.05) is 31.4 Å². The fourth-order valence-corrected chi connectivity index (χ4v) is 3.57. The predicted octanol–water partition coefficient (Wildman–Crippen LogP) is 2.85. The van der Waals surface area contributed by atoms with Gasteiger partial charge >= 0.3 is 0 Å². The van der Waals surface area contributed by atoms with Crippen LogP contribution in [0.25, 0.3) is 11.3 Å². The van der Waals surface area contributed by atoms with Crippen LogP contribution in [0.5, 0.6) is 0 Å². The zero-order valence-corrected chi connectivity index (χ0v) is 15.7. The van der Waals surface area contributed by atoms with Crippen LogP contribution in [0.2, 0.25) is 0 Å². The molecule has 1 unspecified atom stereocenters.